The van der Waals surface area contributed by atoms with Crippen LogP contribution in [0.2, 0.25) is 0 Å². The molecular weight excluding hydrogens is 300 g/mol. The molecule has 3 heteroatoms. The van der Waals surface area contributed by atoms with Gasteiger partial charge in [0.2, 0.25) is 0 Å². The summed E-state index contributed by atoms with van der Waals surface area (Å²) in [5.74, 6) is 0. The van der Waals surface area contributed by atoms with Gasteiger partial charge in [-0.2, -0.15) is 0 Å². The molecule has 2 atom stereocenters. The van der Waals surface area contributed by atoms with E-state index in [4.69, 9.17) is 0 Å². The Morgan fingerprint density at radius 1 is 1.37 bits per heavy atom. The van der Waals surface area contributed by atoms with Gasteiger partial charge in [-0.15, -0.1) is 0 Å². The number of fused-ring (bicyclic) bond motifs is 1. The molecule has 1 aromatic rings. The summed E-state index contributed by atoms with van der Waals surface area (Å²) in [6.07, 6.45) is 5.17. The fraction of sp³-hybridized carbons (Fsp3) is 0.625. The van der Waals surface area contributed by atoms with Crippen LogP contribution in [0.4, 0.5) is 0 Å². The van der Waals surface area contributed by atoms with Crippen molar-refractivity contribution in [1.29, 1.82) is 0 Å². The van der Waals surface area contributed by atoms with Crippen molar-refractivity contribution in [2.45, 2.75) is 44.7 Å². The minimum atomic E-state index is 0.627. The van der Waals surface area contributed by atoms with E-state index in [9.17, 15) is 0 Å². The number of piperidine rings is 1. The summed E-state index contributed by atoms with van der Waals surface area (Å²) in [7, 11) is 0. The Morgan fingerprint density at radius 2 is 2.26 bits per heavy atom. The van der Waals surface area contributed by atoms with Crippen LogP contribution in [0.3, 0.4) is 0 Å². The van der Waals surface area contributed by atoms with Crippen molar-refractivity contribution in [2.24, 2.45) is 0 Å². The molecule has 1 N–H and O–H groups in total. The van der Waals surface area contributed by atoms with Gasteiger partial charge in [0.15, 0.2) is 0 Å². The van der Waals surface area contributed by atoms with Crippen molar-refractivity contribution in [3.63, 3.8) is 0 Å². The molecule has 2 nitrogen and oxygen atoms in total. The van der Waals surface area contributed by atoms with Crippen LogP contribution in [0.1, 0.15) is 43.4 Å². The molecule has 0 aromatic heterocycles. The zero-order valence-corrected chi connectivity index (χ0v) is 13.2. The molecule has 2 unspecified atom stereocenters. The number of benzene rings is 1. The van der Waals surface area contributed by atoms with Crippen LogP contribution < -0.4 is 5.32 Å². The summed E-state index contributed by atoms with van der Waals surface area (Å²) in [5, 5.41) is 3.56. The Balaban J connectivity index is 1.84. The highest BCUT2D eigenvalue weighted by Crippen LogP contribution is 2.40. The summed E-state index contributed by atoms with van der Waals surface area (Å²) in [4.78, 5) is 2.73. The van der Waals surface area contributed by atoms with Gasteiger partial charge in [-0.1, -0.05) is 35.0 Å². The third-order valence-electron chi connectivity index (χ3n) is 4.69. The zero-order chi connectivity index (χ0) is 13.2. The lowest BCUT2D eigenvalue weighted by molar-refractivity contribution is 0.119. The number of rotatable bonds is 3. The molecule has 0 radical (unpaired) electrons. The van der Waals surface area contributed by atoms with Gasteiger partial charge in [-0.3, -0.25) is 4.90 Å². The molecule has 0 bridgehead atoms. The number of nitrogens with zero attached hydrogens (tertiary/aromatic N) is 1. The molecule has 0 amide bonds. The Kier molecular flexibility index (Phi) is 4.25. The summed E-state index contributed by atoms with van der Waals surface area (Å²) < 4.78 is 1.30. The zero-order valence-electron chi connectivity index (χ0n) is 11.7. The van der Waals surface area contributed by atoms with E-state index in [0.717, 1.165) is 13.1 Å². The van der Waals surface area contributed by atoms with Crippen molar-refractivity contribution in [1.82, 2.24) is 10.2 Å². The van der Waals surface area contributed by atoms with E-state index in [-0.39, 0.29) is 0 Å². The van der Waals surface area contributed by atoms with Gasteiger partial charge < -0.3 is 5.32 Å². The highest BCUT2D eigenvalue weighted by molar-refractivity contribution is 9.10. The first-order chi connectivity index (χ1) is 9.31. The number of likely N-dealkylation sites (N-methyl/N-ethyl adjacent to an activating group) is 1. The van der Waals surface area contributed by atoms with E-state index in [1.54, 1.807) is 5.56 Å². The normalized spacial score (nSPS) is 26.7. The number of hydrogen-bond donors (Lipinski definition) is 1. The largest absolute Gasteiger partial charge is 0.315 e. The molecule has 19 heavy (non-hydrogen) atoms. The molecule has 1 aliphatic heterocycles. The summed E-state index contributed by atoms with van der Waals surface area (Å²) >= 11 is 3.71. The Morgan fingerprint density at radius 3 is 3.00 bits per heavy atom. The predicted octanol–water partition coefficient (Wildman–Crippen LogP) is 3.51. The molecular formula is C16H23BrN2. The second-order valence-electron chi connectivity index (χ2n) is 5.69. The van der Waals surface area contributed by atoms with E-state index < -0.39 is 0 Å². The monoisotopic (exact) mass is 322 g/mol. The summed E-state index contributed by atoms with van der Waals surface area (Å²) in [6.45, 7) is 5.82. The third kappa shape index (κ3) is 2.61. The summed E-state index contributed by atoms with van der Waals surface area (Å²) in [6, 6.07) is 8.04. The standard InChI is InChI=1S/C16H23BrN2/c1-2-19(12-5-4-10-18-11-12)16-9-8-13-14(16)6-3-7-15(13)17/h3,6-7,12,16,18H,2,4-5,8-11H2,1H3. The molecule has 1 saturated heterocycles. The lowest BCUT2D eigenvalue weighted by Crippen LogP contribution is -2.47. The topological polar surface area (TPSA) is 15.3 Å². The van der Waals surface area contributed by atoms with Crippen LogP contribution in [0, 0.1) is 0 Å². The first kappa shape index (κ1) is 13.6. The van der Waals surface area contributed by atoms with E-state index >= 15 is 0 Å². The molecule has 0 saturated carbocycles. The van der Waals surface area contributed by atoms with Crippen LogP contribution in [0.15, 0.2) is 22.7 Å². The minimum Gasteiger partial charge on any atom is -0.315 e. The molecule has 1 aliphatic carbocycles. The van der Waals surface area contributed by atoms with E-state index in [1.165, 1.54) is 42.3 Å². The van der Waals surface area contributed by atoms with Crippen molar-refractivity contribution in [3.05, 3.63) is 33.8 Å². The van der Waals surface area contributed by atoms with Crippen molar-refractivity contribution in [2.75, 3.05) is 19.6 Å². The lowest BCUT2D eigenvalue weighted by atomic mass is 10.0. The van der Waals surface area contributed by atoms with Gasteiger partial charge in [0, 0.05) is 23.1 Å². The maximum atomic E-state index is 3.71. The van der Waals surface area contributed by atoms with E-state index in [1.807, 2.05) is 0 Å². The lowest BCUT2D eigenvalue weighted by Gasteiger charge is -2.38. The van der Waals surface area contributed by atoms with Gasteiger partial charge in [0.1, 0.15) is 0 Å². The average molecular weight is 323 g/mol. The molecule has 1 fully saturated rings. The van der Waals surface area contributed by atoms with Crippen LogP contribution in [0.25, 0.3) is 0 Å². The van der Waals surface area contributed by atoms with Crippen molar-refractivity contribution >= 4 is 15.9 Å². The molecule has 0 spiro atoms. The van der Waals surface area contributed by atoms with Gasteiger partial charge in [-0.25, -0.2) is 0 Å². The fourth-order valence-corrected chi connectivity index (χ4v) is 4.36. The van der Waals surface area contributed by atoms with Crippen molar-refractivity contribution in [3.8, 4) is 0 Å². The smallest absolute Gasteiger partial charge is 0.0357 e. The number of hydrogen-bond acceptors (Lipinski definition) is 2. The predicted molar refractivity (Wildman–Crippen MR) is 83.5 cm³/mol. The minimum absolute atomic E-state index is 0.627. The van der Waals surface area contributed by atoms with Crippen LogP contribution in [-0.2, 0) is 6.42 Å². The first-order valence-electron chi connectivity index (χ1n) is 7.55. The SMILES string of the molecule is CCN(C1CCCNC1)C1CCc2c(Br)cccc21. The summed E-state index contributed by atoms with van der Waals surface area (Å²) in [5.41, 5.74) is 3.09. The second-order valence-corrected chi connectivity index (χ2v) is 6.55. The van der Waals surface area contributed by atoms with Crippen LogP contribution >= 0.6 is 15.9 Å². The van der Waals surface area contributed by atoms with Crippen LogP contribution in [-0.4, -0.2) is 30.6 Å². The fourth-order valence-electron chi connectivity index (χ4n) is 3.78. The quantitative estimate of drug-likeness (QED) is 0.916. The Labute approximate surface area is 124 Å². The van der Waals surface area contributed by atoms with Gasteiger partial charge in [0.25, 0.3) is 0 Å². The molecule has 104 valence electrons. The molecule has 2 aliphatic rings. The highest BCUT2D eigenvalue weighted by Gasteiger charge is 2.32. The second kappa shape index (κ2) is 5.94. The number of halogens is 1. The maximum absolute atomic E-state index is 3.71. The van der Waals surface area contributed by atoms with Gasteiger partial charge in [-0.05, 0) is 56.0 Å². The molecule has 1 aromatic carbocycles. The molecule has 1 heterocycles. The van der Waals surface area contributed by atoms with Crippen molar-refractivity contribution < 1.29 is 0 Å². The highest BCUT2D eigenvalue weighted by atomic mass is 79.9. The van der Waals surface area contributed by atoms with Gasteiger partial charge >= 0.3 is 0 Å². The third-order valence-corrected chi connectivity index (χ3v) is 5.43. The number of nitrogens with one attached hydrogen (secondary N) is 1. The van der Waals surface area contributed by atoms with Gasteiger partial charge in [0.05, 0.1) is 0 Å². The Hall–Kier alpha value is -0.380. The first-order valence-corrected chi connectivity index (χ1v) is 8.34. The maximum Gasteiger partial charge on any atom is 0.0357 e. The Bertz CT molecular complexity index is 440. The van der Waals surface area contributed by atoms with E-state index in [0.29, 0.717) is 12.1 Å². The molecule has 3 rings (SSSR count). The van der Waals surface area contributed by atoms with Crippen LogP contribution in [0.5, 0.6) is 0 Å². The average Bonchev–Trinajstić information content (AvgIpc) is 2.87. The van der Waals surface area contributed by atoms with E-state index in [2.05, 4.69) is 51.3 Å².